The molecule has 2 aliphatic rings. The Labute approximate surface area is 163 Å². The van der Waals surface area contributed by atoms with Crippen molar-refractivity contribution in [2.45, 2.75) is 17.8 Å². The Balaban J connectivity index is 1.53. The second kappa shape index (κ2) is 7.05. The van der Waals surface area contributed by atoms with Gasteiger partial charge in [-0.15, -0.1) is 0 Å². The molecule has 1 amide bonds. The highest BCUT2D eigenvalue weighted by atomic mass is 32.2. The molecule has 1 atom stereocenters. The molecule has 2 heterocycles. The van der Waals surface area contributed by atoms with Crippen LogP contribution in [0.4, 0.5) is 18.9 Å². The predicted molar refractivity (Wildman–Crippen MR) is 99.0 cm³/mol. The highest BCUT2D eigenvalue weighted by molar-refractivity contribution is 8.15. The fraction of sp³-hybridized carbons (Fsp3) is 0.263. The molecule has 0 unspecified atom stereocenters. The number of alkyl halides is 3. The lowest BCUT2D eigenvalue weighted by molar-refractivity contribution is -0.137. The SMILES string of the molecule is CN1C(=O)[C@H](Cc2ccc3c(c2)OCO3)SC1=Nc1cccc(C(F)(F)F)c1. The topological polar surface area (TPSA) is 51.1 Å². The van der Waals surface area contributed by atoms with Crippen molar-refractivity contribution in [3.63, 3.8) is 0 Å². The van der Waals surface area contributed by atoms with Crippen molar-refractivity contribution in [1.29, 1.82) is 0 Å². The molecule has 0 aliphatic carbocycles. The number of aliphatic imine (C=N–C) groups is 1. The number of amides is 1. The third-order valence-corrected chi connectivity index (χ3v) is 5.63. The van der Waals surface area contributed by atoms with Gasteiger partial charge in [0, 0.05) is 7.05 Å². The van der Waals surface area contributed by atoms with Crippen LogP contribution >= 0.6 is 11.8 Å². The number of carbonyl (C=O) groups is 1. The van der Waals surface area contributed by atoms with Crippen LogP contribution in [0.2, 0.25) is 0 Å². The van der Waals surface area contributed by atoms with Gasteiger partial charge in [0.15, 0.2) is 16.7 Å². The zero-order valence-electron chi connectivity index (χ0n) is 14.7. The van der Waals surface area contributed by atoms with E-state index >= 15 is 0 Å². The Morgan fingerprint density at radius 2 is 1.96 bits per heavy atom. The molecule has 0 radical (unpaired) electrons. The van der Waals surface area contributed by atoms with E-state index in [2.05, 4.69) is 4.99 Å². The van der Waals surface area contributed by atoms with Crippen molar-refractivity contribution in [3.8, 4) is 11.5 Å². The number of nitrogens with zero attached hydrogens (tertiary/aromatic N) is 2. The molecule has 2 aliphatic heterocycles. The van der Waals surface area contributed by atoms with Crippen LogP contribution in [0.3, 0.4) is 0 Å². The Hall–Kier alpha value is -2.68. The molecule has 2 aromatic rings. The van der Waals surface area contributed by atoms with Gasteiger partial charge in [0.05, 0.1) is 16.5 Å². The third kappa shape index (κ3) is 3.66. The van der Waals surface area contributed by atoms with E-state index in [1.807, 2.05) is 12.1 Å². The summed E-state index contributed by atoms with van der Waals surface area (Å²) >= 11 is 1.24. The number of halogens is 3. The second-order valence-corrected chi connectivity index (χ2v) is 7.51. The van der Waals surface area contributed by atoms with Gasteiger partial charge in [0.1, 0.15) is 0 Å². The lowest BCUT2D eigenvalue weighted by Gasteiger charge is -2.10. The number of ether oxygens (including phenoxy) is 2. The Morgan fingerprint density at radius 3 is 2.75 bits per heavy atom. The average molecular weight is 408 g/mol. The van der Waals surface area contributed by atoms with Crippen LogP contribution in [0, 0.1) is 0 Å². The van der Waals surface area contributed by atoms with E-state index < -0.39 is 17.0 Å². The number of amidine groups is 1. The molecule has 146 valence electrons. The van der Waals surface area contributed by atoms with E-state index in [0.29, 0.717) is 23.1 Å². The normalized spacial score (nSPS) is 20.3. The number of carbonyl (C=O) groups excluding carboxylic acids is 1. The van der Waals surface area contributed by atoms with E-state index in [9.17, 15) is 18.0 Å². The van der Waals surface area contributed by atoms with Crippen molar-refractivity contribution in [3.05, 3.63) is 53.6 Å². The second-order valence-electron chi connectivity index (χ2n) is 6.34. The molecule has 4 rings (SSSR count). The number of rotatable bonds is 3. The monoisotopic (exact) mass is 408 g/mol. The highest BCUT2D eigenvalue weighted by Crippen LogP contribution is 2.36. The smallest absolute Gasteiger partial charge is 0.416 e. The maximum absolute atomic E-state index is 12.9. The Kier molecular flexibility index (Phi) is 4.70. The molecule has 2 aromatic carbocycles. The molecule has 1 saturated heterocycles. The van der Waals surface area contributed by atoms with Gasteiger partial charge in [0.25, 0.3) is 0 Å². The predicted octanol–water partition coefficient (Wildman–Crippen LogP) is 4.24. The molecule has 9 heteroatoms. The van der Waals surface area contributed by atoms with Crippen LogP contribution in [0.5, 0.6) is 11.5 Å². The molecule has 0 spiro atoms. The quantitative estimate of drug-likeness (QED) is 0.763. The fourth-order valence-corrected chi connectivity index (χ4v) is 4.14. The zero-order valence-corrected chi connectivity index (χ0v) is 15.5. The lowest BCUT2D eigenvalue weighted by atomic mass is 10.1. The van der Waals surface area contributed by atoms with E-state index in [4.69, 9.17) is 9.47 Å². The molecule has 0 N–H and O–H groups in total. The van der Waals surface area contributed by atoms with E-state index in [0.717, 1.165) is 17.7 Å². The molecule has 1 fully saturated rings. The fourth-order valence-electron chi connectivity index (χ4n) is 2.94. The van der Waals surface area contributed by atoms with Crippen molar-refractivity contribution in [2.75, 3.05) is 13.8 Å². The van der Waals surface area contributed by atoms with Crippen LogP contribution in [0.15, 0.2) is 47.5 Å². The van der Waals surface area contributed by atoms with E-state index in [-0.39, 0.29) is 18.4 Å². The van der Waals surface area contributed by atoms with Crippen molar-refractivity contribution < 1.29 is 27.4 Å². The summed E-state index contributed by atoms with van der Waals surface area (Å²) in [7, 11) is 1.57. The molecular weight excluding hydrogens is 393 g/mol. The summed E-state index contributed by atoms with van der Waals surface area (Å²) in [6.07, 6.45) is -3.99. The first kappa shape index (κ1) is 18.7. The van der Waals surface area contributed by atoms with Gasteiger partial charge in [-0.3, -0.25) is 9.69 Å². The summed E-state index contributed by atoms with van der Waals surface area (Å²) in [5.41, 5.74) is 0.285. The van der Waals surface area contributed by atoms with Crippen molar-refractivity contribution >= 4 is 28.5 Å². The average Bonchev–Trinajstić information content (AvgIpc) is 3.22. The van der Waals surface area contributed by atoms with Crippen molar-refractivity contribution in [1.82, 2.24) is 4.90 Å². The molecular formula is C19H15F3N2O3S. The van der Waals surface area contributed by atoms with Crippen LogP contribution in [-0.2, 0) is 17.4 Å². The third-order valence-electron chi connectivity index (χ3n) is 4.40. The minimum absolute atomic E-state index is 0.145. The first-order valence-electron chi connectivity index (χ1n) is 8.40. The summed E-state index contributed by atoms with van der Waals surface area (Å²) in [6.45, 7) is 0.173. The number of benzene rings is 2. The maximum Gasteiger partial charge on any atom is 0.416 e. The molecule has 0 saturated carbocycles. The van der Waals surface area contributed by atoms with Gasteiger partial charge in [-0.1, -0.05) is 23.9 Å². The van der Waals surface area contributed by atoms with E-state index in [1.54, 1.807) is 13.1 Å². The minimum atomic E-state index is -4.44. The Bertz CT molecular complexity index is 962. The van der Waals surface area contributed by atoms with E-state index in [1.165, 1.54) is 28.8 Å². The van der Waals surface area contributed by atoms with Crippen molar-refractivity contribution in [2.24, 2.45) is 4.99 Å². The molecule has 0 aromatic heterocycles. The van der Waals surface area contributed by atoms with Gasteiger partial charge in [-0.05, 0) is 42.3 Å². The minimum Gasteiger partial charge on any atom is -0.454 e. The standard InChI is InChI=1S/C19H15F3N2O3S/c1-24-17(25)16(8-11-5-6-14-15(7-11)27-10-26-14)28-18(24)23-13-4-2-3-12(9-13)19(20,21)22/h2-7,9,16H,8,10H2,1H3/t16-/m0/s1. The zero-order chi connectivity index (χ0) is 19.9. The van der Waals surface area contributed by atoms with Crippen LogP contribution in [0.1, 0.15) is 11.1 Å². The first-order valence-corrected chi connectivity index (χ1v) is 9.28. The molecule has 0 bridgehead atoms. The Morgan fingerprint density at radius 1 is 1.18 bits per heavy atom. The number of hydrogen-bond acceptors (Lipinski definition) is 5. The molecule has 5 nitrogen and oxygen atoms in total. The lowest BCUT2D eigenvalue weighted by Crippen LogP contribution is -2.28. The van der Waals surface area contributed by atoms with Gasteiger partial charge in [-0.25, -0.2) is 4.99 Å². The number of thioether (sulfide) groups is 1. The summed E-state index contributed by atoms with van der Waals surface area (Å²) in [5, 5.41) is -0.0370. The van der Waals surface area contributed by atoms with Crippen LogP contribution in [0.25, 0.3) is 0 Å². The molecule has 28 heavy (non-hydrogen) atoms. The van der Waals surface area contributed by atoms with Crippen LogP contribution < -0.4 is 9.47 Å². The summed E-state index contributed by atoms with van der Waals surface area (Å²) < 4.78 is 49.3. The van der Waals surface area contributed by atoms with Crippen LogP contribution in [-0.4, -0.2) is 35.1 Å². The first-order chi connectivity index (χ1) is 13.3. The van der Waals surface area contributed by atoms with Gasteiger partial charge in [-0.2, -0.15) is 13.2 Å². The largest absolute Gasteiger partial charge is 0.454 e. The summed E-state index contributed by atoms with van der Waals surface area (Å²) in [6, 6.07) is 10.2. The summed E-state index contributed by atoms with van der Waals surface area (Å²) in [5.74, 6) is 1.16. The number of hydrogen-bond donors (Lipinski definition) is 0. The summed E-state index contributed by atoms with van der Waals surface area (Å²) in [4.78, 5) is 18.2. The highest BCUT2D eigenvalue weighted by Gasteiger charge is 2.36. The maximum atomic E-state index is 12.9. The number of fused-ring (bicyclic) bond motifs is 1. The van der Waals surface area contributed by atoms with Gasteiger partial charge < -0.3 is 9.47 Å². The van der Waals surface area contributed by atoms with Gasteiger partial charge in [0.2, 0.25) is 12.7 Å². The van der Waals surface area contributed by atoms with Gasteiger partial charge >= 0.3 is 6.18 Å².